The first-order chi connectivity index (χ1) is 21.0. The van der Waals surface area contributed by atoms with Gasteiger partial charge in [-0.3, -0.25) is 23.4 Å². The van der Waals surface area contributed by atoms with Crippen LogP contribution in [0, 0.1) is 0 Å². The molecule has 6 heterocycles. The molecule has 0 bridgehead atoms. The quantitative estimate of drug-likeness (QED) is 0.105. The second-order valence-corrected chi connectivity index (χ2v) is 12.1. The highest BCUT2D eigenvalue weighted by Gasteiger charge is 2.51. The maximum atomic E-state index is 13.1. The van der Waals surface area contributed by atoms with Crippen molar-refractivity contribution in [1.82, 2.24) is 29.1 Å². The van der Waals surface area contributed by atoms with Crippen LogP contribution in [0.25, 0.3) is 22.2 Å². The Hall–Kier alpha value is -3.39. The lowest BCUT2D eigenvalue weighted by atomic mass is 10.1. The number of aromatic amines is 1. The van der Waals surface area contributed by atoms with Gasteiger partial charge in [-0.15, -0.1) is 9.42 Å². The smallest absolute Gasteiger partial charge is 0.398 e. The fraction of sp³-hybridized carbons (Fsp3) is 0.455. The molecule has 22 heteroatoms. The molecule has 0 saturated carbocycles. The second-order valence-electron chi connectivity index (χ2n) is 9.97. The van der Waals surface area contributed by atoms with Crippen molar-refractivity contribution in [1.29, 1.82) is 0 Å². The van der Waals surface area contributed by atoms with Gasteiger partial charge in [0.15, 0.2) is 29.7 Å². The average Bonchev–Trinajstić information content (AvgIpc) is 3.73. The molecule has 2 fully saturated rings. The van der Waals surface area contributed by atoms with Crippen molar-refractivity contribution in [3.8, 4) is 0 Å². The number of nitrogens with one attached hydrogen (secondary N) is 1. The Bertz CT molecular complexity index is 1810. The van der Waals surface area contributed by atoms with Crippen molar-refractivity contribution >= 4 is 49.9 Å². The van der Waals surface area contributed by atoms with Crippen molar-refractivity contribution in [2.45, 2.75) is 49.4 Å². The maximum Gasteiger partial charge on any atom is 0.695 e. The number of pyridine rings is 1. The highest BCUT2D eigenvalue weighted by molar-refractivity contribution is 7.47. The summed E-state index contributed by atoms with van der Waals surface area (Å²) in [5, 5.41) is 21.2. The van der Waals surface area contributed by atoms with Gasteiger partial charge in [0, 0.05) is 34.5 Å². The van der Waals surface area contributed by atoms with Crippen LogP contribution in [0.5, 0.6) is 0 Å². The van der Waals surface area contributed by atoms with Gasteiger partial charge in [0.25, 0.3) is 5.56 Å². The zero-order chi connectivity index (χ0) is 31.3. The van der Waals surface area contributed by atoms with E-state index in [2.05, 4.69) is 19.9 Å². The molecule has 0 aromatic carbocycles. The fourth-order valence-corrected chi connectivity index (χ4v) is 6.67. The van der Waals surface area contributed by atoms with E-state index in [0.29, 0.717) is 16.7 Å². The number of aromatic nitrogens is 6. The van der Waals surface area contributed by atoms with E-state index in [1.807, 2.05) is 0 Å². The fourth-order valence-electron chi connectivity index (χ4n) is 5.27. The summed E-state index contributed by atoms with van der Waals surface area (Å²) in [7, 11) is -8.18. The molecular formula is C22H27N8O12P2+. The molecular weight excluding hydrogens is 630 g/mol. The van der Waals surface area contributed by atoms with Gasteiger partial charge in [-0.2, -0.15) is 4.98 Å². The van der Waals surface area contributed by atoms with Crippen molar-refractivity contribution in [3.05, 3.63) is 41.2 Å². The van der Waals surface area contributed by atoms with Crippen LogP contribution in [0.3, 0.4) is 0 Å². The number of aliphatic hydroxyl groups is 2. The van der Waals surface area contributed by atoms with Crippen molar-refractivity contribution in [2.75, 3.05) is 24.7 Å². The van der Waals surface area contributed by atoms with E-state index in [4.69, 9.17) is 34.5 Å². The number of hydrogen-bond acceptors (Lipinski definition) is 15. The van der Waals surface area contributed by atoms with Gasteiger partial charge in [0.05, 0.1) is 25.6 Å². The number of phosphoric acid groups is 1. The van der Waals surface area contributed by atoms with E-state index in [0.717, 1.165) is 0 Å². The third-order valence-electron chi connectivity index (χ3n) is 7.19. The molecule has 0 aliphatic carbocycles. The number of nitrogens with zero attached hydrogens (tertiary/aromatic N) is 5. The van der Waals surface area contributed by atoms with Gasteiger partial charge in [-0.25, -0.2) is 14.5 Å². The van der Waals surface area contributed by atoms with Crippen LogP contribution in [0.2, 0.25) is 0 Å². The Labute approximate surface area is 246 Å². The summed E-state index contributed by atoms with van der Waals surface area (Å²) in [6.45, 7) is -1.19. The SMILES string of the molecule is Nc1nc2c(ncn2[C@@H]2O[C@H](CO)C[C@H]2OP(=O)(O)OC[C@H]2O[C@@H](n3ccc4c(N)ccnc43)[C@H](O)[C@@H]2O[P+](=O)O)c(=O)[nH]1. The van der Waals surface area contributed by atoms with E-state index in [1.165, 1.54) is 27.9 Å². The first-order valence-electron chi connectivity index (χ1n) is 13.0. The lowest BCUT2D eigenvalue weighted by molar-refractivity contribution is -0.0607. The van der Waals surface area contributed by atoms with Gasteiger partial charge >= 0.3 is 16.1 Å². The number of nitrogen functional groups attached to an aromatic ring is 2. The standard InChI is InChI=1S/C22H26N8O12P2/c23-11-1-3-25-17-10(11)2-4-29(17)21-15(32)16(41-43(34)35)13(40-21)7-38-44(36,37)42-12-5-9(6-31)39-20(12)30-8-26-14-18(30)27-22(24)28-19(14)33/h1-4,8-9,12-13,15-16,20-21,31-32H,5-7H2,(H6-,23,24,25,27,28,33,34,35,36,37)/p+1/t9-,12+,13+,15+,16+,20+,21+/m0/s1. The number of nitrogens with two attached hydrogens (primary N) is 2. The Kier molecular flexibility index (Phi) is 8.24. The number of fused-ring (bicyclic) bond motifs is 2. The normalized spacial score (nSPS) is 29.0. The van der Waals surface area contributed by atoms with Gasteiger partial charge in [0.1, 0.15) is 24.0 Å². The number of ether oxygens (including phenoxy) is 2. The molecule has 0 amide bonds. The van der Waals surface area contributed by atoms with Crippen molar-refractivity contribution in [3.63, 3.8) is 0 Å². The van der Waals surface area contributed by atoms with Crippen LogP contribution in [0.1, 0.15) is 18.9 Å². The lowest BCUT2D eigenvalue weighted by Crippen LogP contribution is -2.35. The topological polar surface area (TPSA) is 295 Å². The first-order valence-corrected chi connectivity index (χ1v) is 15.6. The van der Waals surface area contributed by atoms with Crippen molar-refractivity contribution in [2.24, 2.45) is 0 Å². The molecule has 0 radical (unpaired) electrons. The number of phosphoric ester groups is 1. The van der Waals surface area contributed by atoms with E-state index in [1.54, 1.807) is 12.1 Å². The highest BCUT2D eigenvalue weighted by atomic mass is 31.2. The highest BCUT2D eigenvalue weighted by Crippen LogP contribution is 2.50. The third-order valence-corrected chi connectivity index (χ3v) is 8.63. The second kappa shape index (κ2) is 11.8. The number of imidazole rings is 1. The summed E-state index contributed by atoms with van der Waals surface area (Å²) in [5.41, 5.74) is 11.7. The Morgan fingerprint density at radius 1 is 1.18 bits per heavy atom. The molecule has 2 unspecified atom stereocenters. The van der Waals surface area contributed by atoms with Gasteiger partial charge in [-0.05, 0) is 12.1 Å². The summed E-state index contributed by atoms with van der Waals surface area (Å²) in [5.74, 6) is -0.208. The first kappa shape index (κ1) is 30.6. The predicted molar refractivity (Wildman–Crippen MR) is 148 cm³/mol. The predicted octanol–water partition coefficient (Wildman–Crippen LogP) is -0.591. The third kappa shape index (κ3) is 5.73. The molecule has 6 rings (SSSR count). The number of H-pyrrole nitrogens is 1. The number of aliphatic hydroxyl groups excluding tert-OH is 2. The van der Waals surface area contributed by atoms with E-state index in [-0.39, 0.29) is 23.5 Å². The number of anilines is 2. The summed E-state index contributed by atoms with van der Waals surface area (Å²) in [6.07, 6.45) is -4.65. The monoisotopic (exact) mass is 657 g/mol. The minimum atomic E-state index is -4.95. The molecule has 44 heavy (non-hydrogen) atoms. The van der Waals surface area contributed by atoms with Gasteiger partial charge in [0.2, 0.25) is 5.95 Å². The molecule has 0 spiro atoms. The van der Waals surface area contributed by atoms with Crippen LogP contribution >= 0.6 is 16.1 Å². The molecule has 2 aliphatic rings. The van der Waals surface area contributed by atoms with Crippen molar-refractivity contribution < 1.29 is 52.2 Å². The zero-order valence-corrected chi connectivity index (χ0v) is 24.2. The van der Waals surface area contributed by atoms with Crippen LogP contribution in [-0.4, -0.2) is 92.8 Å². The molecule has 236 valence electrons. The van der Waals surface area contributed by atoms with E-state index < -0.39 is 77.8 Å². The van der Waals surface area contributed by atoms with Crippen LogP contribution in [0.4, 0.5) is 11.6 Å². The van der Waals surface area contributed by atoms with Crippen LogP contribution in [-0.2, 0) is 32.2 Å². The molecule has 9 N–H and O–H groups in total. The maximum absolute atomic E-state index is 13.1. The average molecular weight is 657 g/mol. The number of hydrogen-bond donors (Lipinski definition) is 7. The molecule has 20 nitrogen and oxygen atoms in total. The Balaban J connectivity index is 1.20. The zero-order valence-electron chi connectivity index (χ0n) is 22.4. The van der Waals surface area contributed by atoms with Crippen LogP contribution < -0.4 is 17.0 Å². The lowest BCUT2D eigenvalue weighted by Gasteiger charge is -2.23. The van der Waals surface area contributed by atoms with Gasteiger partial charge in [-0.1, -0.05) is 0 Å². The number of rotatable bonds is 10. The Morgan fingerprint density at radius 2 is 1.98 bits per heavy atom. The van der Waals surface area contributed by atoms with E-state index >= 15 is 0 Å². The van der Waals surface area contributed by atoms with Gasteiger partial charge < -0.3 is 40.6 Å². The van der Waals surface area contributed by atoms with E-state index in [9.17, 15) is 33.9 Å². The molecule has 2 saturated heterocycles. The van der Waals surface area contributed by atoms with Crippen LogP contribution in [0.15, 0.2) is 35.6 Å². The summed E-state index contributed by atoms with van der Waals surface area (Å²) in [6, 6.07) is 3.22. The summed E-state index contributed by atoms with van der Waals surface area (Å²) in [4.78, 5) is 46.9. The minimum Gasteiger partial charge on any atom is -0.398 e. The summed E-state index contributed by atoms with van der Waals surface area (Å²) >= 11 is 0. The molecule has 4 aromatic heterocycles. The minimum absolute atomic E-state index is 0.00315. The molecule has 4 aromatic rings. The largest absolute Gasteiger partial charge is 0.695 e. The Morgan fingerprint density at radius 3 is 2.73 bits per heavy atom. The molecule has 2 aliphatic heterocycles. The molecule has 9 atom stereocenters. The summed E-state index contributed by atoms with van der Waals surface area (Å²) < 4.78 is 54.6.